The number of rotatable bonds is 3. The number of nitrogens with one attached hydrogen (secondary N) is 1. The number of benzene rings is 1. The van der Waals surface area contributed by atoms with Gasteiger partial charge in [-0.25, -0.2) is 4.79 Å². The topological polar surface area (TPSA) is 60.0 Å². The molecule has 0 radical (unpaired) electrons. The fraction of sp³-hybridized carbons (Fsp3) is 0.500. The van der Waals surface area contributed by atoms with E-state index in [-0.39, 0.29) is 17.9 Å². The Labute approximate surface area is 131 Å². The lowest BCUT2D eigenvalue weighted by molar-refractivity contribution is -0.274. The molecule has 1 aromatic carbocycles. The first kappa shape index (κ1) is 17.4. The lowest BCUT2D eigenvalue weighted by Gasteiger charge is -2.23. The minimum atomic E-state index is -4.74. The molecule has 2 amide bonds. The van der Waals surface area contributed by atoms with E-state index >= 15 is 0 Å². The average Bonchev–Trinajstić information content (AvgIpc) is 2.73. The van der Waals surface area contributed by atoms with Crippen LogP contribution in [0.2, 0.25) is 0 Å². The number of halogens is 3. The highest BCUT2D eigenvalue weighted by Crippen LogP contribution is 2.24. The molecule has 0 saturated carbocycles. The average molecular weight is 334 g/mol. The van der Waals surface area contributed by atoms with Crippen LogP contribution in [0.15, 0.2) is 24.3 Å². The fourth-order valence-corrected chi connectivity index (χ4v) is 2.05. The van der Waals surface area contributed by atoms with Gasteiger partial charge in [0.05, 0.1) is 25.9 Å². The van der Waals surface area contributed by atoms with Crippen molar-refractivity contribution in [3.8, 4) is 5.75 Å². The van der Waals surface area contributed by atoms with Crippen LogP contribution in [0.4, 0.5) is 23.7 Å². The molecule has 1 atom stereocenters. The molecule has 0 bridgehead atoms. The number of ether oxygens (including phenoxy) is 3. The monoisotopic (exact) mass is 334 g/mol. The van der Waals surface area contributed by atoms with Crippen molar-refractivity contribution >= 4 is 11.7 Å². The van der Waals surface area contributed by atoms with Gasteiger partial charge in [0.1, 0.15) is 5.75 Å². The molecule has 9 heteroatoms. The first-order chi connectivity index (χ1) is 10.9. The van der Waals surface area contributed by atoms with E-state index in [4.69, 9.17) is 9.47 Å². The van der Waals surface area contributed by atoms with Crippen LogP contribution >= 0.6 is 0 Å². The Hall–Kier alpha value is -2.00. The molecule has 0 aromatic heterocycles. The van der Waals surface area contributed by atoms with E-state index in [2.05, 4.69) is 10.1 Å². The lowest BCUT2D eigenvalue weighted by Crippen LogP contribution is -2.41. The van der Waals surface area contributed by atoms with Crippen LogP contribution in [0.5, 0.6) is 5.75 Å². The van der Waals surface area contributed by atoms with Crippen molar-refractivity contribution in [2.75, 3.05) is 38.7 Å². The highest BCUT2D eigenvalue weighted by molar-refractivity contribution is 5.89. The quantitative estimate of drug-likeness (QED) is 0.922. The SMILES string of the molecule is CO[C@H]1COCCN(C(=O)Nc2ccc(OC(F)(F)F)cc2)C1. The van der Waals surface area contributed by atoms with Gasteiger partial charge >= 0.3 is 12.4 Å². The lowest BCUT2D eigenvalue weighted by atomic mass is 10.3. The fourth-order valence-electron chi connectivity index (χ4n) is 2.05. The van der Waals surface area contributed by atoms with Crippen molar-refractivity contribution in [2.45, 2.75) is 12.5 Å². The molecule has 0 spiro atoms. The summed E-state index contributed by atoms with van der Waals surface area (Å²) in [7, 11) is 1.54. The molecular weight excluding hydrogens is 317 g/mol. The maximum absolute atomic E-state index is 12.2. The third-order valence-electron chi connectivity index (χ3n) is 3.19. The summed E-state index contributed by atoms with van der Waals surface area (Å²) in [4.78, 5) is 13.7. The van der Waals surface area contributed by atoms with Crippen LogP contribution in [0.3, 0.4) is 0 Å². The van der Waals surface area contributed by atoms with Gasteiger partial charge in [0.15, 0.2) is 0 Å². The van der Waals surface area contributed by atoms with Gasteiger partial charge in [-0.15, -0.1) is 13.2 Å². The normalized spacial score (nSPS) is 19.1. The molecule has 23 heavy (non-hydrogen) atoms. The second-order valence-corrected chi connectivity index (χ2v) is 4.88. The maximum Gasteiger partial charge on any atom is 0.573 e. The van der Waals surface area contributed by atoms with Gasteiger partial charge in [0.2, 0.25) is 0 Å². The van der Waals surface area contributed by atoms with E-state index in [0.717, 1.165) is 12.1 Å². The molecule has 1 fully saturated rings. The standard InChI is InChI=1S/C14H17F3N2O4/c1-21-12-8-19(6-7-22-9-12)13(20)18-10-2-4-11(5-3-10)23-14(15,16)17/h2-5,12H,6-9H2,1H3,(H,18,20)/t12-/m1/s1. The second kappa shape index (κ2) is 7.51. The van der Waals surface area contributed by atoms with E-state index < -0.39 is 6.36 Å². The highest BCUT2D eigenvalue weighted by Gasteiger charge is 2.31. The summed E-state index contributed by atoms with van der Waals surface area (Å²) in [6, 6.07) is 4.56. The number of carbonyl (C=O) groups is 1. The summed E-state index contributed by atoms with van der Waals surface area (Å²) in [5, 5.41) is 2.61. The van der Waals surface area contributed by atoms with E-state index in [1.54, 1.807) is 0 Å². The Bertz CT molecular complexity index is 522. The zero-order chi connectivity index (χ0) is 16.9. The summed E-state index contributed by atoms with van der Waals surface area (Å²) in [6.45, 7) is 1.58. The number of carbonyl (C=O) groups excluding carboxylic acids is 1. The number of methoxy groups -OCH3 is 1. The van der Waals surface area contributed by atoms with Crippen LogP contribution < -0.4 is 10.1 Å². The first-order valence-corrected chi connectivity index (χ1v) is 6.89. The predicted molar refractivity (Wildman–Crippen MR) is 75.3 cm³/mol. The van der Waals surface area contributed by atoms with Gasteiger partial charge in [0.25, 0.3) is 0 Å². The molecule has 1 heterocycles. The van der Waals surface area contributed by atoms with Gasteiger partial charge < -0.3 is 24.4 Å². The molecule has 6 nitrogen and oxygen atoms in total. The van der Waals surface area contributed by atoms with Crippen molar-refractivity contribution < 1.29 is 32.2 Å². The molecule has 1 saturated heterocycles. The van der Waals surface area contributed by atoms with E-state index in [1.165, 1.54) is 24.1 Å². The van der Waals surface area contributed by atoms with Crippen LogP contribution in [0.1, 0.15) is 0 Å². The predicted octanol–water partition coefficient (Wildman–Crippen LogP) is 2.46. The number of hydrogen-bond donors (Lipinski definition) is 1. The number of anilines is 1. The van der Waals surface area contributed by atoms with Gasteiger partial charge in [-0.05, 0) is 24.3 Å². The van der Waals surface area contributed by atoms with Crippen LogP contribution in [-0.4, -0.2) is 56.8 Å². The molecule has 2 rings (SSSR count). The Morgan fingerprint density at radius 1 is 1.35 bits per heavy atom. The molecule has 1 aliphatic rings. The van der Waals surface area contributed by atoms with Crippen molar-refractivity contribution in [1.29, 1.82) is 0 Å². The highest BCUT2D eigenvalue weighted by atomic mass is 19.4. The van der Waals surface area contributed by atoms with Gasteiger partial charge in [0, 0.05) is 19.3 Å². The molecular formula is C14H17F3N2O4. The van der Waals surface area contributed by atoms with Crippen molar-refractivity contribution in [2.24, 2.45) is 0 Å². The summed E-state index contributed by atoms with van der Waals surface area (Å²) >= 11 is 0. The third-order valence-corrected chi connectivity index (χ3v) is 3.19. The number of nitrogens with zero attached hydrogens (tertiary/aromatic N) is 1. The molecule has 0 aliphatic carbocycles. The van der Waals surface area contributed by atoms with Crippen LogP contribution in [0, 0.1) is 0 Å². The number of urea groups is 1. The minimum absolute atomic E-state index is 0.217. The third kappa shape index (κ3) is 5.61. The van der Waals surface area contributed by atoms with E-state index in [0.29, 0.717) is 32.0 Å². The number of alkyl halides is 3. The minimum Gasteiger partial charge on any atom is -0.406 e. The summed E-state index contributed by atoms with van der Waals surface area (Å²) < 4.78 is 50.5. The Kier molecular flexibility index (Phi) is 5.67. The molecule has 0 unspecified atom stereocenters. The summed E-state index contributed by atoms with van der Waals surface area (Å²) in [6.07, 6.45) is -4.96. The van der Waals surface area contributed by atoms with Crippen molar-refractivity contribution in [3.63, 3.8) is 0 Å². The zero-order valence-electron chi connectivity index (χ0n) is 12.4. The van der Waals surface area contributed by atoms with Crippen LogP contribution in [-0.2, 0) is 9.47 Å². The Morgan fingerprint density at radius 3 is 2.65 bits per heavy atom. The Balaban J connectivity index is 1.94. The van der Waals surface area contributed by atoms with Crippen LogP contribution in [0.25, 0.3) is 0 Å². The van der Waals surface area contributed by atoms with Gasteiger partial charge in [-0.3, -0.25) is 0 Å². The first-order valence-electron chi connectivity index (χ1n) is 6.89. The number of amides is 2. The Morgan fingerprint density at radius 2 is 2.04 bits per heavy atom. The van der Waals surface area contributed by atoms with Gasteiger partial charge in [-0.2, -0.15) is 0 Å². The van der Waals surface area contributed by atoms with Gasteiger partial charge in [-0.1, -0.05) is 0 Å². The summed E-state index contributed by atoms with van der Waals surface area (Å²) in [5.41, 5.74) is 0.364. The van der Waals surface area contributed by atoms with Crippen molar-refractivity contribution in [1.82, 2.24) is 4.90 Å². The van der Waals surface area contributed by atoms with E-state index in [9.17, 15) is 18.0 Å². The largest absolute Gasteiger partial charge is 0.573 e. The van der Waals surface area contributed by atoms with Crippen molar-refractivity contribution in [3.05, 3.63) is 24.3 Å². The molecule has 1 N–H and O–H groups in total. The number of hydrogen-bond acceptors (Lipinski definition) is 4. The van der Waals surface area contributed by atoms with E-state index in [1.807, 2.05) is 0 Å². The summed E-state index contributed by atoms with van der Waals surface area (Å²) in [5.74, 6) is -0.349. The maximum atomic E-state index is 12.2. The molecule has 128 valence electrons. The smallest absolute Gasteiger partial charge is 0.406 e. The molecule has 1 aromatic rings. The zero-order valence-corrected chi connectivity index (χ0v) is 12.4. The molecule has 1 aliphatic heterocycles. The second-order valence-electron chi connectivity index (χ2n) is 4.88.